The normalized spacial score (nSPS) is 15.4. The van der Waals surface area contributed by atoms with Crippen molar-refractivity contribution in [3.05, 3.63) is 69.0 Å². The third-order valence-corrected chi connectivity index (χ3v) is 6.13. The molecule has 1 N–H and O–H groups in total. The molecule has 1 heterocycles. The maximum absolute atomic E-state index is 12.7. The van der Waals surface area contributed by atoms with E-state index >= 15 is 0 Å². The number of hydrogen-bond acceptors (Lipinski definition) is 4. The third kappa shape index (κ3) is 5.10. The van der Waals surface area contributed by atoms with Gasteiger partial charge in [0.2, 0.25) is 5.91 Å². The van der Waals surface area contributed by atoms with Gasteiger partial charge in [0.1, 0.15) is 4.32 Å². The quantitative estimate of drug-likeness (QED) is 0.459. The first-order valence-electron chi connectivity index (χ1n) is 8.86. The summed E-state index contributed by atoms with van der Waals surface area (Å²) < 4.78 is 1.42. The summed E-state index contributed by atoms with van der Waals surface area (Å²) >= 11 is 10.0. The average Bonchev–Trinajstić information content (AvgIpc) is 2.93. The predicted octanol–water partition coefficient (Wildman–Crippen LogP) is 5.24. The maximum Gasteiger partial charge on any atom is 0.266 e. The summed E-state index contributed by atoms with van der Waals surface area (Å²) in [5.74, 6) is -0.289. The lowest BCUT2D eigenvalue weighted by Gasteiger charge is -2.15. The van der Waals surface area contributed by atoms with Crippen molar-refractivity contribution in [3.63, 3.8) is 0 Å². The Balaban J connectivity index is 1.62. The van der Waals surface area contributed by atoms with Crippen LogP contribution in [0.2, 0.25) is 0 Å². The molecule has 1 fully saturated rings. The SMILES string of the molecule is CCc1ccccc1NC(=O)CCN1C(=O)C(=Cc2cccc(Br)c2)SC1=S. The largest absolute Gasteiger partial charge is 0.326 e. The van der Waals surface area contributed by atoms with Crippen LogP contribution in [-0.4, -0.2) is 27.6 Å². The Morgan fingerprint density at radius 1 is 1.25 bits per heavy atom. The molecule has 2 aromatic carbocycles. The standard InChI is InChI=1S/C21H19BrN2O2S2/c1-2-15-7-3-4-9-17(15)23-19(25)10-11-24-20(26)18(28-21(24)27)13-14-6-5-8-16(22)12-14/h3-9,12-13H,2,10-11H2,1H3,(H,23,25). The molecular weight excluding hydrogens is 456 g/mol. The van der Waals surface area contributed by atoms with Crippen molar-refractivity contribution < 1.29 is 9.59 Å². The van der Waals surface area contributed by atoms with Gasteiger partial charge in [0.05, 0.1) is 4.91 Å². The van der Waals surface area contributed by atoms with Crippen LogP contribution < -0.4 is 5.32 Å². The molecule has 28 heavy (non-hydrogen) atoms. The van der Waals surface area contributed by atoms with Crippen molar-refractivity contribution >= 4 is 67.8 Å². The molecule has 0 radical (unpaired) electrons. The van der Waals surface area contributed by atoms with Crippen LogP contribution in [0.3, 0.4) is 0 Å². The number of halogens is 1. The zero-order valence-electron chi connectivity index (χ0n) is 15.3. The van der Waals surface area contributed by atoms with Crippen molar-refractivity contribution in [2.24, 2.45) is 0 Å². The van der Waals surface area contributed by atoms with E-state index in [2.05, 4.69) is 21.2 Å². The lowest BCUT2D eigenvalue weighted by atomic mass is 10.1. The highest BCUT2D eigenvalue weighted by atomic mass is 79.9. The topological polar surface area (TPSA) is 49.4 Å². The van der Waals surface area contributed by atoms with Gasteiger partial charge in [-0.25, -0.2) is 0 Å². The smallest absolute Gasteiger partial charge is 0.266 e. The van der Waals surface area contributed by atoms with E-state index in [1.165, 1.54) is 16.7 Å². The molecule has 4 nitrogen and oxygen atoms in total. The van der Waals surface area contributed by atoms with Crippen LogP contribution in [0.25, 0.3) is 6.08 Å². The molecule has 0 spiro atoms. The molecule has 2 amide bonds. The minimum atomic E-state index is -0.156. The Labute approximate surface area is 182 Å². The van der Waals surface area contributed by atoms with Gasteiger partial charge in [-0.05, 0) is 41.8 Å². The van der Waals surface area contributed by atoms with Crippen molar-refractivity contribution in [1.82, 2.24) is 4.90 Å². The summed E-state index contributed by atoms with van der Waals surface area (Å²) in [5, 5.41) is 2.93. The second kappa shape index (κ2) is 9.49. The molecule has 0 unspecified atom stereocenters. The summed E-state index contributed by atoms with van der Waals surface area (Å²) in [7, 11) is 0. The first kappa shape index (κ1) is 20.8. The number of amides is 2. The summed E-state index contributed by atoms with van der Waals surface area (Å²) in [6, 6.07) is 15.4. The van der Waals surface area contributed by atoms with E-state index in [1.807, 2.05) is 61.5 Å². The van der Waals surface area contributed by atoms with Crippen LogP contribution in [0, 0.1) is 0 Å². The van der Waals surface area contributed by atoms with Gasteiger partial charge in [-0.15, -0.1) is 0 Å². The lowest BCUT2D eigenvalue weighted by Crippen LogP contribution is -2.31. The molecule has 0 bridgehead atoms. The fourth-order valence-corrected chi connectivity index (χ4v) is 4.54. The van der Waals surface area contributed by atoms with E-state index in [-0.39, 0.29) is 24.8 Å². The van der Waals surface area contributed by atoms with Crippen molar-refractivity contribution in [2.45, 2.75) is 19.8 Å². The number of para-hydroxylation sites is 1. The van der Waals surface area contributed by atoms with E-state index < -0.39 is 0 Å². The van der Waals surface area contributed by atoms with Gasteiger partial charge in [-0.2, -0.15) is 0 Å². The Morgan fingerprint density at radius 2 is 2.04 bits per heavy atom. The van der Waals surface area contributed by atoms with Gasteiger partial charge >= 0.3 is 0 Å². The molecule has 2 aromatic rings. The molecule has 1 aliphatic rings. The summed E-state index contributed by atoms with van der Waals surface area (Å²) in [6.45, 7) is 2.31. The Morgan fingerprint density at radius 3 is 2.79 bits per heavy atom. The van der Waals surface area contributed by atoms with Gasteiger partial charge < -0.3 is 5.32 Å². The number of aryl methyl sites for hydroxylation is 1. The molecule has 0 aliphatic carbocycles. The van der Waals surface area contributed by atoms with Crippen LogP contribution in [0.4, 0.5) is 5.69 Å². The van der Waals surface area contributed by atoms with Crippen LogP contribution in [-0.2, 0) is 16.0 Å². The van der Waals surface area contributed by atoms with Crippen LogP contribution in [0.5, 0.6) is 0 Å². The van der Waals surface area contributed by atoms with Crippen LogP contribution in [0.15, 0.2) is 57.9 Å². The molecular formula is C21H19BrN2O2S2. The number of nitrogens with zero attached hydrogens (tertiary/aromatic N) is 1. The monoisotopic (exact) mass is 474 g/mol. The number of benzene rings is 2. The molecule has 144 valence electrons. The molecule has 0 aromatic heterocycles. The lowest BCUT2D eigenvalue weighted by molar-refractivity contribution is -0.122. The first-order chi connectivity index (χ1) is 13.5. The predicted molar refractivity (Wildman–Crippen MR) is 123 cm³/mol. The van der Waals surface area contributed by atoms with Crippen molar-refractivity contribution in [1.29, 1.82) is 0 Å². The number of nitrogens with one attached hydrogen (secondary N) is 1. The highest BCUT2D eigenvalue weighted by Gasteiger charge is 2.32. The van der Waals surface area contributed by atoms with E-state index in [4.69, 9.17) is 12.2 Å². The van der Waals surface area contributed by atoms with Gasteiger partial charge in [-0.3, -0.25) is 14.5 Å². The first-order valence-corrected chi connectivity index (χ1v) is 10.9. The molecule has 1 aliphatic heterocycles. The minimum absolute atomic E-state index is 0.133. The van der Waals surface area contributed by atoms with E-state index in [0.29, 0.717) is 9.23 Å². The number of hydrogen-bond donors (Lipinski definition) is 1. The number of thioether (sulfide) groups is 1. The van der Waals surface area contributed by atoms with E-state index in [1.54, 1.807) is 0 Å². The number of carbonyl (C=O) groups excluding carboxylic acids is 2. The number of anilines is 1. The summed E-state index contributed by atoms with van der Waals surface area (Å²) in [5.41, 5.74) is 2.82. The molecule has 7 heteroatoms. The highest BCUT2D eigenvalue weighted by Crippen LogP contribution is 2.33. The number of rotatable bonds is 6. The van der Waals surface area contributed by atoms with Crippen molar-refractivity contribution in [3.8, 4) is 0 Å². The van der Waals surface area contributed by atoms with Crippen LogP contribution in [0.1, 0.15) is 24.5 Å². The second-order valence-electron chi connectivity index (χ2n) is 6.20. The minimum Gasteiger partial charge on any atom is -0.326 e. The number of thiocarbonyl (C=S) groups is 1. The molecule has 0 atom stereocenters. The van der Waals surface area contributed by atoms with Crippen LogP contribution >= 0.6 is 39.9 Å². The summed E-state index contributed by atoms with van der Waals surface area (Å²) in [6.07, 6.45) is 2.85. The molecule has 0 saturated carbocycles. The second-order valence-corrected chi connectivity index (χ2v) is 8.79. The third-order valence-electron chi connectivity index (χ3n) is 4.25. The summed E-state index contributed by atoms with van der Waals surface area (Å²) in [4.78, 5) is 27.1. The zero-order chi connectivity index (χ0) is 20.1. The average molecular weight is 475 g/mol. The van der Waals surface area contributed by atoms with Gasteiger partial charge in [0.15, 0.2) is 0 Å². The fourth-order valence-electron chi connectivity index (χ4n) is 2.82. The Hall–Kier alpha value is -1.96. The number of carbonyl (C=O) groups is 2. The Bertz CT molecular complexity index is 959. The molecule has 3 rings (SSSR count). The zero-order valence-corrected chi connectivity index (χ0v) is 18.5. The van der Waals surface area contributed by atoms with Gasteiger partial charge in [0.25, 0.3) is 5.91 Å². The van der Waals surface area contributed by atoms with Crippen molar-refractivity contribution in [2.75, 3.05) is 11.9 Å². The maximum atomic E-state index is 12.7. The van der Waals surface area contributed by atoms with Gasteiger partial charge in [-0.1, -0.05) is 77.2 Å². The highest BCUT2D eigenvalue weighted by molar-refractivity contribution is 9.10. The van der Waals surface area contributed by atoms with E-state index in [9.17, 15) is 9.59 Å². The Kier molecular flexibility index (Phi) is 7.04. The van der Waals surface area contributed by atoms with Gasteiger partial charge in [0, 0.05) is 23.1 Å². The fraction of sp³-hybridized carbons (Fsp3) is 0.190. The molecule has 1 saturated heterocycles. The van der Waals surface area contributed by atoms with E-state index in [0.717, 1.165) is 27.7 Å².